The van der Waals surface area contributed by atoms with Crippen molar-refractivity contribution in [2.75, 3.05) is 7.11 Å². The van der Waals surface area contributed by atoms with Crippen LogP contribution in [-0.2, 0) is 11.3 Å². The zero-order valence-corrected chi connectivity index (χ0v) is 16.4. The number of hydrogen-bond acceptors (Lipinski definition) is 6. The average Bonchev–Trinajstić information content (AvgIpc) is 3.18. The first kappa shape index (κ1) is 19.4. The molecule has 2 aromatic carbocycles. The number of rotatable bonds is 7. The lowest BCUT2D eigenvalue weighted by atomic mass is 10.1. The van der Waals surface area contributed by atoms with Crippen LogP contribution in [0.5, 0.6) is 11.5 Å². The Labute approximate surface area is 163 Å². The van der Waals surface area contributed by atoms with E-state index in [2.05, 4.69) is 15.5 Å². The molecule has 0 saturated carbocycles. The molecular formula is C21H23N3O4. The second-order valence-corrected chi connectivity index (χ2v) is 6.49. The summed E-state index contributed by atoms with van der Waals surface area (Å²) in [5.74, 6) is 1.88. The fourth-order valence-corrected chi connectivity index (χ4v) is 2.59. The van der Waals surface area contributed by atoms with Gasteiger partial charge in [0.15, 0.2) is 6.10 Å². The van der Waals surface area contributed by atoms with Crippen molar-refractivity contribution in [3.05, 3.63) is 59.5 Å². The number of nitrogens with one attached hydrogen (secondary N) is 1. The summed E-state index contributed by atoms with van der Waals surface area (Å²) in [6, 6.07) is 13.2. The number of nitrogens with zero attached hydrogens (tertiary/aromatic N) is 2. The lowest BCUT2D eigenvalue weighted by Crippen LogP contribution is -2.36. The Morgan fingerprint density at radius 2 is 2.04 bits per heavy atom. The van der Waals surface area contributed by atoms with E-state index >= 15 is 0 Å². The molecule has 1 N–H and O–H groups in total. The highest BCUT2D eigenvalue weighted by Crippen LogP contribution is 2.22. The van der Waals surface area contributed by atoms with E-state index in [1.807, 2.05) is 56.3 Å². The first-order valence-electron chi connectivity index (χ1n) is 8.95. The van der Waals surface area contributed by atoms with Crippen LogP contribution in [0.2, 0.25) is 0 Å². The smallest absolute Gasteiger partial charge is 0.261 e. The number of aryl methyl sites for hydroxylation is 2. The molecule has 0 aliphatic carbocycles. The van der Waals surface area contributed by atoms with Gasteiger partial charge in [0.05, 0.1) is 13.7 Å². The van der Waals surface area contributed by atoms with E-state index in [9.17, 15) is 4.79 Å². The molecule has 1 atom stereocenters. The number of amides is 1. The maximum atomic E-state index is 12.3. The summed E-state index contributed by atoms with van der Waals surface area (Å²) in [6.07, 6.45) is -0.652. The van der Waals surface area contributed by atoms with Gasteiger partial charge in [0.1, 0.15) is 11.5 Å². The molecule has 146 valence electrons. The monoisotopic (exact) mass is 381 g/mol. The normalized spacial score (nSPS) is 11.7. The zero-order chi connectivity index (χ0) is 20.1. The van der Waals surface area contributed by atoms with Gasteiger partial charge in [-0.05, 0) is 50.1 Å². The Balaban J connectivity index is 1.58. The van der Waals surface area contributed by atoms with Gasteiger partial charge in [0.2, 0.25) is 11.7 Å². The molecule has 1 aromatic heterocycles. The summed E-state index contributed by atoms with van der Waals surface area (Å²) in [4.78, 5) is 16.6. The van der Waals surface area contributed by atoms with E-state index in [1.54, 1.807) is 14.0 Å². The van der Waals surface area contributed by atoms with E-state index in [4.69, 9.17) is 14.0 Å². The van der Waals surface area contributed by atoms with Crippen LogP contribution in [0.1, 0.15) is 23.9 Å². The Kier molecular flexibility index (Phi) is 5.93. The molecule has 0 aliphatic heterocycles. The van der Waals surface area contributed by atoms with Crippen LogP contribution < -0.4 is 14.8 Å². The van der Waals surface area contributed by atoms with E-state index in [-0.39, 0.29) is 12.5 Å². The highest BCUT2D eigenvalue weighted by atomic mass is 16.5. The van der Waals surface area contributed by atoms with Gasteiger partial charge in [-0.3, -0.25) is 4.79 Å². The van der Waals surface area contributed by atoms with Crippen molar-refractivity contribution in [2.24, 2.45) is 0 Å². The van der Waals surface area contributed by atoms with Crippen molar-refractivity contribution >= 4 is 5.91 Å². The van der Waals surface area contributed by atoms with Gasteiger partial charge in [-0.15, -0.1) is 0 Å². The maximum absolute atomic E-state index is 12.3. The molecule has 1 unspecified atom stereocenters. The van der Waals surface area contributed by atoms with E-state index in [0.717, 1.165) is 16.7 Å². The first-order valence-corrected chi connectivity index (χ1v) is 8.95. The SMILES string of the molecule is COc1cccc(-c2noc(CNC(=O)C(C)Oc3cc(C)ccc3C)n2)c1. The van der Waals surface area contributed by atoms with Crippen molar-refractivity contribution in [1.82, 2.24) is 15.5 Å². The predicted octanol–water partition coefficient (Wildman–Crippen LogP) is 3.45. The summed E-state index contributed by atoms with van der Waals surface area (Å²) in [5.41, 5.74) is 2.82. The second-order valence-electron chi connectivity index (χ2n) is 6.49. The number of carbonyl (C=O) groups is 1. The third-order valence-electron chi connectivity index (χ3n) is 4.23. The standard InChI is InChI=1S/C21H23N3O4/c1-13-8-9-14(2)18(10-13)27-15(3)21(25)22-12-19-23-20(24-28-19)16-6-5-7-17(11-16)26-4/h5-11,15H,12H2,1-4H3,(H,22,25). The van der Waals surface area contributed by atoms with Gasteiger partial charge >= 0.3 is 0 Å². The lowest BCUT2D eigenvalue weighted by Gasteiger charge is -2.16. The van der Waals surface area contributed by atoms with Crippen molar-refractivity contribution < 1.29 is 18.8 Å². The van der Waals surface area contributed by atoms with Crippen LogP contribution >= 0.6 is 0 Å². The summed E-state index contributed by atoms with van der Waals surface area (Å²) in [5, 5.41) is 6.70. The number of hydrogen-bond donors (Lipinski definition) is 1. The van der Waals surface area contributed by atoms with Gasteiger partial charge in [-0.25, -0.2) is 0 Å². The Morgan fingerprint density at radius 1 is 1.21 bits per heavy atom. The van der Waals surface area contributed by atoms with Crippen molar-refractivity contribution in [3.63, 3.8) is 0 Å². The van der Waals surface area contributed by atoms with Crippen LogP contribution in [0.4, 0.5) is 0 Å². The number of aromatic nitrogens is 2. The van der Waals surface area contributed by atoms with Gasteiger partial charge in [0.25, 0.3) is 5.91 Å². The molecule has 3 aromatic rings. The highest BCUT2D eigenvalue weighted by molar-refractivity contribution is 5.80. The van der Waals surface area contributed by atoms with Gasteiger partial charge in [-0.2, -0.15) is 4.98 Å². The molecule has 0 spiro atoms. The van der Waals surface area contributed by atoms with Crippen molar-refractivity contribution in [3.8, 4) is 22.9 Å². The largest absolute Gasteiger partial charge is 0.497 e. The molecule has 1 amide bonds. The molecule has 7 nitrogen and oxygen atoms in total. The molecule has 0 bridgehead atoms. The summed E-state index contributed by atoms with van der Waals surface area (Å²) >= 11 is 0. The molecule has 7 heteroatoms. The third-order valence-corrected chi connectivity index (χ3v) is 4.23. The minimum absolute atomic E-state index is 0.121. The molecule has 1 heterocycles. The minimum Gasteiger partial charge on any atom is -0.497 e. The van der Waals surface area contributed by atoms with E-state index in [1.165, 1.54) is 0 Å². The molecule has 3 rings (SSSR count). The van der Waals surface area contributed by atoms with E-state index in [0.29, 0.717) is 23.2 Å². The molecule has 28 heavy (non-hydrogen) atoms. The number of benzene rings is 2. The number of carbonyl (C=O) groups excluding carboxylic acids is 1. The van der Waals surface area contributed by atoms with Crippen LogP contribution in [0.25, 0.3) is 11.4 Å². The fraction of sp³-hybridized carbons (Fsp3) is 0.286. The summed E-state index contributed by atoms with van der Waals surface area (Å²) in [7, 11) is 1.60. The number of ether oxygens (including phenoxy) is 2. The first-order chi connectivity index (χ1) is 13.5. The average molecular weight is 381 g/mol. The Bertz CT molecular complexity index is 968. The summed E-state index contributed by atoms with van der Waals surface area (Å²) in [6.45, 7) is 5.74. The van der Waals surface area contributed by atoms with Crippen LogP contribution in [0.15, 0.2) is 47.0 Å². The number of methoxy groups -OCH3 is 1. The zero-order valence-electron chi connectivity index (χ0n) is 16.4. The third kappa shape index (κ3) is 4.68. The lowest BCUT2D eigenvalue weighted by molar-refractivity contribution is -0.127. The van der Waals surface area contributed by atoms with Gasteiger partial charge in [0, 0.05) is 5.56 Å². The van der Waals surface area contributed by atoms with Crippen LogP contribution in [0.3, 0.4) is 0 Å². The Hall–Kier alpha value is -3.35. The quantitative estimate of drug-likeness (QED) is 0.675. The minimum atomic E-state index is -0.652. The maximum Gasteiger partial charge on any atom is 0.261 e. The summed E-state index contributed by atoms with van der Waals surface area (Å²) < 4.78 is 16.2. The van der Waals surface area contributed by atoms with Crippen molar-refractivity contribution in [2.45, 2.75) is 33.4 Å². The molecule has 0 fully saturated rings. The van der Waals surface area contributed by atoms with E-state index < -0.39 is 6.10 Å². The topological polar surface area (TPSA) is 86.5 Å². The molecule has 0 radical (unpaired) electrons. The molecule has 0 saturated heterocycles. The second kappa shape index (κ2) is 8.56. The fourth-order valence-electron chi connectivity index (χ4n) is 2.59. The van der Waals surface area contributed by atoms with Crippen LogP contribution in [-0.4, -0.2) is 29.3 Å². The van der Waals surface area contributed by atoms with Crippen molar-refractivity contribution in [1.29, 1.82) is 0 Å². The predicted molar refractivity (Wildman–Crippen MR) is 104 cm³/mol. The highest BCUT2D eigenvalue weighted by Gasteiger charge is 2.17. The van der Waals surface area contributed by atoms with Gasteiger partial charge in [-0.1, -0.05) is 29.4 Å². The Morgan fingerprint density at radius 3 is 2.82 bits per heavy atom. The van der Waals surface area contributed by atoms with Crippen LogP contribution in [0, 0.1) is 13.8 Å². The van der Waals surface area contributed by atoms with Gasteiger partial charge < -0.3 is 19.3 Å². The molecule has 0 aliphatic rings. The molecular weight excluding hydrogens is 358 g/mol.